The van der Waals surface area contributed by atoms with E-state index in [4.69, 9.17) is 9.15 Å². The molecule has 1 N–H and O–H groups in total. The van der Waals surface area contributed by atoms with Crippen molar-refractivity contribution >= 4 is 11.6 Å². The normalized spacial score (nSPS) is 16.0. The highest BCUT2D eigenvalue weighted by molar-refractivity contribution is 5.93. The van der Waals surface area contributed by atoms with Crippen molar-refractivity contribution in [3.8, 4) is 5.75 Å². The Morgan fingerprint density at radius 3 is 2.69 bits per heavy atom. The van der Waals surface area contributed by atoms with Crippen LogP contribution in [0.4, 0.5) is 5.69 Å². The lowest BCUT2D eigenvalue weighted by atomic mass is 9.97. The molecule has 1 aliphatic heterocycles. The van der Waals surface area contributed by atoms with E-state index in [1.165, 1.54) is 0 Å². The average Bonchev–Trinajstić information content (AvgIpc) is 3.13. The fourth-order valence-electron chi connectivity index (χ4n) is 3.12. The third kappa shape index (κ3) is 4.40. The van der Waals surface area contributed by atoms with E-state index in [1.807, 2.05) is 38.1 Å². The van der Waals surface area contributed by atoms with Crippen molar-refractivity contribution in [2.45, 2.75) is 38.5 Å². The van der Waals surface area contributed by atoms with Crippen LogP contribution in [0.1, 0.15) is 50.3 Å². The molecule has 7 heteroatoms. The standard InChI is InChI=1S/C19H26N4O3/c1-13(2)18-21-22-19(26-18)14-8-10-23(11-9-14)12-17(24)20-15-6-4-5-7-16(15)25-3/h4-7,13-14H,8-12H2,1-3H3,(H,20,24). The van der Waals surface area contributed by atoms with Gasteiger partial charge < -0.3 is 14.5 Å². The second-order valence-corrected chi connectivity index (χ2v) is 6.93. The molecule has 140 valence electrons. The number of hydrogen-bond acceptors (Lipinski definition) is 6. The van der Waals surface area contributed by atoms with E-state index in [-0.39, 0.29) is 17.7 Å². The highest BCUT2D eigenvalue weighted by Gasteiger charge is 2.26. The predicted molar refractivity (Wildman–Crippen MR) is 98.4 cm³/mol. The number of piperidine rings is 1. The van der Waals surface area contributed by atoms with Gasteiger partial charge in [0.2, 0.25) is 17.7 Å². The van der Waals surface area contributed by atoms with Gasteiger partial charge in [0.1, 0.15) is 5.75 Å². The number of anilines is 1. The van der Waals surface area contributed by atoms with E-state index in [2.05, 4.69) is 20.4 Å². The molecule has 0 saturated carbocycles. The minimum absolute atomic E-state index is 0.0344. The monoisotopic (exact) mass is 358 g/mol. The molecule has 1 fully saturated rings. The van der Waals surface area contributed by atoms with Crippen molar-refractivity contribution in [3.05, 3.63) is 36.0 Å². The summed E-state index contributed by atoms with van der Waals surface area (Å²) in [7, 11) is 1.60. The van der Waals surface area contributed by atoms with Crippen molar-refractivity contribution in [1.82, 2.24) is 15.1 Å². The Morgan fingerprint density at radius 2 is 2.04 bits per heavy atom. The highest BCUT2D eigenvalue weighted by Crippen LogP contribution is 2.28. The molecule has 2 aromatic rings. The van der Waals surface area contributed by atoms with Gasteiger partial charge >= 0.3 is 0 Å². The molecule has 1 aromatic carbocycles. The maximum absolute atomic E-state index is 12.3. The molecule has 26 heavy (non-hydrogen) atoms. The Kier molecular flexibility index (Phi) is 5.88. The van der Waals surface area contributed by atoms with Crippen LogP contribution >= 0.6 is 0 Å². The number of benzene rings is 1. The first-order chi connectivity index (χ1) is 12.6. The van der Waals surface area contributed by atoms with Gasteiger partial charge in [0.15, 0.2) is 0 Å². The van der Waals surface area contributed by atoms with Crippen LogP contribution in [0, 0.1) is 0 Å². The number of aromatic nitrogens is 2. The Labute approximate surface area is 153 Å². The molecule has 0 radical (unpaired) electrons. The van der Waals surface area contributed by atoms with Gasteiger partial charge in [-0.2, -0.15) is 0 Å². The lowest BCUT2D eigenvalue weighted by Crippen LogP contribution is -2.38. The summed E-state index contributed by atoms with van der Waals surface area (Å²) in [6.07, 6.45) is 1.84. The Bertz CT molecular complexity index is 736. The van der Waals surface area contributed by atoms with Gasteiger partial charge in [-0.25, -0.2) is 0 Å². The van der Waals surface area contributed by atoms with Gasteiger partial charge in [-0.15, -0.1) is 10.2 Å². The summed E-state index contributed by atoms with van der Waals surface area (Å²) < 4.78 is 11.0. The fraction of sp³-hybridized carbons (Fsp3) is 0.526. The van der Waals surface area contributed by atoms with Crippen molar-refractivity contribution in [2.75, 3.05) is 32.1 Å². The fourth-order valence-corrected chi connectivity index (χ4v) is 3.12. The van der Waals surface area contributed by atoms with Crippen molar-refractivity contribution in [2.24, 2.45) is 0 Å². The summed E-state index contributed by atoms with van der Waals surface area (Å²) in [6.45, 7) is 6.12. The number of carbonyl (C=O) groups is 1. The molecular formula is C19H26N4O3. The van der Waals surface area contributed by atoms with Crippen LogP contribution < -0.4 is 10.1 Å². The number of rotatable bonds is 6. The third-order valence-electron chi connectivity index (χ3n) is 4.64. The Balaban J connectivity index is 1.49. The number of carbonyl (C=O) groups excluding carboxylic acids is 1. The summed E-state index contributed by atoms with van der Waals surface area (Å²) in [5.41, 5.74) is 0.696. The Morgan fingerprint density at radius 1 is 1.31 bits per heavy atom. The second-order valence-electron chi connectivity index (χ2n) is 6.93. The number of nitrogens with one attached hydrogen (secondary N) is 1. The summed E-state index contributed by atoms with van der Waals surface area (Å²) in [6, 6.07) is 7.42. The topological polar surface area (TPSA) is 80.5 Å². The van der Waals surface area contributed by atoms with Crippen LogP contribution in [0.2, 0.25) is 0 Å². The smallest absolute Gasteiger partial charge is 0.238 e. The zero-order valence-electron chi connectivity index (χ0n) is 15.6. The zero-order valence-corrected chi connectivity index (χ0v) is 15.6. The number of amides is 1. The molecule has 1 saturated heterocycles. The highest BCUT2D eigenvalue weighted by atomic mass is 16.5. The molecule has 1 amide bonds. The minimum atomic E-state index is -0.0344. The molecule has 3 rings (SSSR count). The lowest BCUT2D eigenvalue weighted by molar-refractivity contribution is -0.117. The molecule has 0 bridgehead atoms. The molecule has 0 spiro atoms. The van der Waals surface area contributed by atoms with E-state index in [9.17, 15) is 4.79 Å². The molecule has 0 aliphatic carbocycles. The van der Waals surface area contributed by atoms with Crippen LogP contribution in [-0.2, 0) is 4.79 Å². The zero-order chi connectivity index (χ0) is 18.5. The number of hydrogen-bond donors (Lipinski definition) is 1. The van der Waals surface area contributed by atoms with E-state index >= 15 is 0 Å². The minimum Gasteiger partial charge on any atom is -0.495 e. The maximum atomic E-state index is 12.3. The van der Waals surface area contributed by atoms with Gasteiger partial charge in [0.25, 0.3) is 0 Å². The van der Waals surface area contributed by atoms with E-state index in [0.29, 0.717) is 23.9 Å². The quantitative estimate of drug-likeness (QED) is 0.855. The predicted octanol–water partition coefficient (Wildman–Crippen LogP) is 3.02. The maximum Gasteiger partial charge on any atom is 0.238 e. The largest absolute Gasteiger partial charge is 0.495 e. The van der Waals surface area contributed by atoms with E-state index in [0.717, 1.165) is 31.8 Å². The molecular weight excluding hydrogens is 332 g/mol. The van der Waals surface area contributed by atoms with Gasteiger partial charge in [0.05, 0.1) is 19.3 Å². The van der Waals surface area contributed by atoms with Crippen LogP contribution in [-0.4, -0.2) is 47.7 Å². The third-order valence-corrected chi connectivity index (χ3v) is 4.64. The van der Waals surface area contributed by atoms with Crippen molar-refractivity contribution in [3.63, 3.8) is 0 Å². The SMILES string of the molecule is COc1ccccc1NC(=O)CN1CCC(c2nnc(C(C)C)o2)CC1. The summed E-state index contributed by atoms with van der Waals surface area (Å²) in [5.74, 6) is 2.58. The summed E-state index contributed by atoms with van der Waals surface area (Å²) in [5, 5.41) is 11.2. The first kappa shape index (κ1) is 18.4. The van der Waals surface area contributed by atoms with Crippen LogP contribution in [0.25, 0.3) is 0 Å². The van der Waals surface area contributed by atoms with Crippen LogP contribution in [0.5, 0.6) is 5.75 Å². The van der Waals surface area contributed by atoms with Gasteiger partial charge in [-0.3, -0.25) is 9.69 Å². The van der Waals surface area contributed by atoms with Crippen molar-refractivity contribution in [1.29, 1.82) is 0 Å². The van der Waals surface area contributed by atoms with E-state index in [1.54, 1.807) is 7.11 Å². The van der Waals surface area contributed by atoms with Gasteiger partial charge in [-0.1, -0.05) is 26.0 Å². The lowest BCUT2D eigenvalue weighted by Gasteiger charge is -2.29. The molecule has 1 aromatic heterocycles. The Hall–Kier alpha value is -2.41. The number of ether oxygens (including phenoxy) is 1. The summed E-state index contributed by atoms with van der Waals surface area (Å²) in [4.78, 5) is 14.5. The molecule has 2 heterocycles. The number of methoxy groups -OCH3 is 1. The van der Waals surface area contributed by atoms with Gasteiger partial charge in [0, 0.05) is 11.8 Å². The molecule has 0 unspecified atom stereocenters. The van der Waals surface area contributed by atoms with Crippen LogP contribution in [0.15, 0.2) is 28.7 Å². The van der Waals surface area contributed by atoms with Crippen molar-refractivity contribution < 1.29 is 13.9 Å². The number of nitrogens with zero attached hydrogens (tertiary/aromatic N) is 3. The molecule has 1 aliphatic rings. The average molecular weight is 358 g/mol. The molecule has 7 nitrogen and oxygen atoms in total. The van der Waals surface area contributed by atoms with E-state index < -0.39 is 0 Å². The number of para-hydroxylation sites is 2. The summed E-state index contributed by atoms with van der Waals surface area (Å²) >= 11 is 0. The van der Waals surface area contributed by atoms with Crippen LogP contribution in [0.3, 0.4) is 0 Å². The second kappa shape index (κ2) is 8.31. The first-order valence-electron chi connectivity index (χ1n) is 9.05. The number of likely N-dealkylation sites (tertiary alicyclic amines) is 1. The first-order valence-corrected chi connectivity index (χ1v) is 9.05. The van der Waals surface area contributed by atoms with Gasteiger partial charge in [-0.05, 0) is 38.1 Å². The molecule has 0 atom stereocenters.